The molecule has 0 bridgehead atoms. The molecule has 1 amide bonds. The van der Waals surface area contributed by atoms with Crippen LogP contribution in [0.4, 0.5) is 17.6 Å². The molecule has 0 atom stereocenters. The number of carbonyl (C=O) groups excluding carboxylic acids is 1. The van der Waals surface area contributed by atoms with Crippen molar-refractivity contribution in [2.24, 2.45) is 5.14 Å². The first kappa shape index (κ1) is 16.9. The van der Waals surface area contributed by atoms with Crippen LogP contribution in [0, 0.1) is 0 Å². The highest BCUT2D eigenvalue weighted by molar-refractivity contribution is 9.10. The molecule has 0 aliphatic carbocycles. The minimum Gasteiger partial charge on any atom is -0.443 e. The smallest absolute Gasteiger partial charge is 0.324 e. The third-order valence-corrected chi connectivity index (χ3v) is 3.76. The van der Waals surface area contributed by atoms with Gasteiger partial charge in [-0.2, -0.15) is 8.78 Å². The Hall–Kier alpha value is -1.14. The highest BCUT2D eigenvalue weighted by Crippen LogP contribution is 2.25. The van der Waals surface area contributed by atoms with Gasteiger partial charge in [0.05, 0.1) is 6.54 Å². The molecule has 114 valence electrons. The van der Waals surface area contributed by atoms with Crippen LogP contribution in [0.1, 0.15) is 10.6 Å². The molecule has 0 aliphatic heterocycles. The summed E-state index contributed by atoms with van der Waals surface area (Å²) in [5.41, 5.74) is 0. The van der Waals surface area contributed by atoms with E-state index in [4.69, 9.17) is 5.14 Å². The molecule has 0 saturated heterocycles. The van der Waals surface area contributed by atoms with Gasteiger partial charge in [0.2, 0.25) is 10.0 Å². The van der Waals surface area contributed by atoms with Gasteiger partial charge in [-0.25, -0.2) is 22.3 Å². The van der Waals surface area contributed by atoms with Crippen molar-refractivity contribution in [3.63, 3.8) is 0 Å². The fourth-order valence-electron chi connectivity index (χ4n) is 1.02. The molecule has 3 N–H and O–H groups in total. The number of amides is 1. The molecule has 1 heterocycles. The molecule has 20 heavy (non-hydrogen) atoms. The van der Waals surface area contributed by atoms with Gasteiger partial charge >= 0.3 is 12.3 Å². The summed E-state index contributed by atoms with van der Waals surface area (Å²) in [6.45, 7) is -1.63. The SMILES string of the molecule is NS(=O)(=O)c1cc(C(=O)NCC(F)(F)C(F)F)oc1Br. The topological polar surface area (TPSA) is 102 Å². The van der Waals surface area contributed by atoms with E-state index in [-0.39, 0.29) is 0 Å². The van der Waals surface area contributed by atoms with Gasteiger partial charge in [0.1, 0.15) is 4.90 Å². The summed E-state index contributed by atoms with van der Waals surface area (Å²) in [5.74, 6) is -6.38. The number of hydrogen-bond donors (Lipinski definition) is 2. The van der Waals surface area contributed by atoms with Crippen molar-refractivity contribution in [3.05, 3.63) is 16.5 Å². The molecule has 0 spiro atoms. The van der Waals surface area contributed by atoms with Crippen LogP contribution in [0.25, 0.3) is 0 Å². The highest BCUT2D eigenvalue weighted by Gasteiger charge is 2.41. The van der Waals surface area contributed by atoms with Crippen LogP contribution in [-0.4, -0.2) is 33.2 Å². The quantitative estimate of drug-likeness (QED) is 0.749. The van der Waals surface area contributed by atoms with Crippen molar-refractivity contribution in [2.45, 2.75) is 17.2 Å². The fourth-order valence-corrected chi connectivity index (χ4v) is 2.52. The highest BCUT2D eigenvalue weighted by atomic mass is 79.9. The van der Waals surface area contributed by atoms with Gasteiger partial charge in [-0.15, -0.1) is 0 Å². The Morgan fingerprint density at radius 3 is 2.45 bits per heavy atom. The van der Waals surface area contributed by atoms with Gasteiger partial charge in [-0.3, -0.25) is 4.79 Å². The first-order valence-electron chi connectivity index (χ1n) is 4.71. The first-order valence-corrected chi connectivity index (χ1v) is 7.05. The number of nitrogens with one attached hydrogen (secondary N) is 1. The number of rotatable bonds is 5. The van der Waals surface area contributed by atoms with Gasteiger partial charge in [0.15, 0.2) is 10.4 Å². The minimum absolute atomic E-state index is 0.411. The third kappa shape index (κ3) is 3.93. The summed E-state index contributed by atoms with van der Waals surface area (Å²) in [7, 11) is -4.19. The lowest BCUT2D eigenvalue weighted by molar-refractivity contribution is -0.123. The summed E-state index contributed by atoms with van der Waals surface area (Å²) in [4.78, 5) is 10.8. The van der Waals surface area contributed by atoms with Crippen molar-refractivity contribution in [3.8, 4) is 0 Å². The minimum atomic E-state index is -4.41. The van der Waals surface area contributed by atoms with E-state index < -0.39 is 50.1 Å². The van der Waals surface area contributed by atoms with Gasteiger partial charge < -0.3 is 9.73 Å². The molecule has 1 aromatic rings. The summed E-state index contributed by atoms with van der Waals surface area (Å²) in [6, 6.07) is 0.676. The van der Waals surface area contributed by atoms with Gasteiger partial charge in [0, 0.05) is 6.07 Å². The van der Waals surface area contributed by atoms with E-state index >= 15 is 0 Å². The van der Waals surface area contributed by atoms with E-state index in [9.17, 15) is 30.8 Å². The van der Waals surface area contributed by atoms with E-state index in [0.717, 1.165) is 0 Å². The molecule has 6 nitrogen and oxygen atoms in total. The van der Waals surface area contributed by atoms with Crippen LogP contribution in [0.15, 0.2) is 20.0 Å². The maximum absolute atomic E-state index is 12.6. The lowest BCUT2D eigenvalue weighted by Crippen LogP contribution is -2.41. The molecule has 0 radical (unpaired) electrons. The molecule has 0 aromatic carbocycles. The Kier molecular flexibility index (Phi) is 4.82. The Bertz CT molecular complexity index is 616. The van der Waals surface area contributed by atoms with E-state index in [1.54, 1.807) is 0 Å². The standard InChI is InChI=1S/C8H7BrF4N2O4S/c9-5-4(20(14,17)18)1-3(19-5)6(16)15-2-8(12,13)7(10)11/h1,7H,2H2,(H,15,16)(H2,14,17,18). The first-order chi connectivity index (χ1) is 8.95. The predicted molar refractivity (Wildman–Crippen MR) is 61.1 cm³/mol. The summed E-state index contributed by atoms with van der Waals surface area (Å²) in [5, 5.41) is 6.28. The number of alkyl halides is 4. The van der Waals surface area contributed by atoms with E-state index in [1.165, 1.54) is 5.32 Å². The van der Waals surface area contributed by atoms with E-state index in [2.05, 4.69) is 20.3 Å². The molecule has 1 aromatic heterocycles. The maximum Gasteiger partial charge on any atom is 0.324 e. The summed E-state index contributed by atoms with van der Waals surface area (Å²) < 4.78 is 75.2. The fraction of sp³-hybridized carbons (Fsp3) is 0.375. The van der Waals surface area contributed by atoms with Crippen molar-refractivity contribution in [2.75, 3.05) is 6.54 Å². The zero-order valence-electron chi connectivity index (χ0n) is 9.37. The Labute approximate surface area is 118 Å². The van der Waals surface area contributed by atoms with Crippen LogP contribution < -0.4 is 10.5 Å². The van der Waals surface area contributed by atoms with Crippen molar-refractivity contribution in [1.29, 1.82) is 0 Å². The monoisotopic (exact) mass is 382 g/mol. The van der Waals surface area contributed by atoms with E-state index in [1.807, 2.05) is 0 Å². The Morgan fingerprint density at radius 2 is 2.05 bits per heavy atom. The molecule has 0 saturated carbocycles. The third-order valence-electron chi connectivity index (χ3n) is 1.99. The molecular formula is C8H7BrF4N2O4S. The van der Waals surface area contributed by atoms with Crippen molar-refractivity contribution >= 4 is 31.9 Å². The number of primary sulfonamides is 1. The van der Waals surface area contributed by atoms with Crippen molar-refractivity contribution in [1.82, 2.24) is 5.32 Å². The Balaban J connectivity index is 2.85. The Morgan fingerprint density at radius 1 is 1.50 bits per heavy atom. The van der Waals surface area contributed by atoms with Crippen LogP contribution >= 0.6 is 15.9 Å². The second-order valence-electron chi connectivity index (χ2n) is 3.54. The van der Waals surface area contributed by atoms with E-state index in [0.29, 0.717) is 6.07 Å². The molecular weight excluding hydrogens is 376 g/mol. The number of sulfonamides is 1. The predicted octanol–water partition coefficient (Wildman–Crippen LogP) is 1.32. The van der Waals surface area contributed by atoms with Crippen molar-refractivity contribution < 1.29 is 35.2 Å². The number of furan rings is 1. The second kappa shape index (κ2) is 5.69. The molecule has 12 heteroatoms. The van der Waals surface area contributed by atoms with Gasteiger partial charge in [0.25, 0.3) is 5.91 Å². The van der Waals surface area contributed by atoms with Gasteiger partial charge in [-0.1, -0.05) is 0 Å². The zero-order valence-corrected chi connectivity index (χ0v) is 11.8. The number of halogens is 5. The second-order valence-corrected chi connectivity index (χ2v) is 5.79. The number of carbonyl (C=O) groups is 1. The van der Waals surface area contributed by atoms with Crippen LogP contribution in [0.3, 0.4) is 0 Å². The van der Waals surface area contributed by atoms with Crippen LogP contribution in [0.2, 0.25) is 0 Å². The average molecular weight is 383 g/mol. The largest absolute Gasteiger partial charge is 0.443 e. The summed E-state index contributed by atoms with van der Waals surface area (Å²) in [6.07, 6.45) is -3.95. The lowest BCUT2D eigenvalue weighted by Gasteiger charge is -2.14. The molecule has 0 fully saturated rings. The van der Waals surface area contributed by atoms with Crippen LogP contribution in [0.5, 0.6) is 0 Å². The van der Waals surface area contributed by atoms with Crippen LogP contribution in [-0.2, 0) is 10.0 Å². The molecule has 1 rings (SSSR count). The summed E-state index contributed by atoms with van der Waals surface area (Å²) >= 11 is 2.66. The molecule has 0 aliphatic rings. The zero-order chi connectivity index (χ0) is 15.7. The number of hydrogen-bond acceptors (Lipinski definition) is 4. The van der Waals surface area contributed by atoms with Gasteiger partial charge in [-0.05, 0) is 15.9 Å². The lowest BCUT2D eigenvalue weighted by atomic mass is 10.3. The average Bonchev–Trinajstić information content (AvgIpc) is 2.68. The maximum atomic E-state index is 12.6. The number of nitrogens with two attached hydrogens (primary N) is 1. The normalized spacial score (nSPS) is 12.8. The molecule has 0 unspecified atom stereocenters.